The molecular formula is C26H26N4O3S. The Morgan fingerprint density at radius 3 is 2.65 bits per heavy atom. The molecule has 4 rings (SSSR count). The number of thioether (sulfide) groups is 1. The number of pyridine rings is 1. The lowest BCUT2D eigenvalue weighted by atomic mass is 10.1. The lowest BCUT2D eigenvalue weighted by Crippen LogP contribution is -2.23. The smallest absolute Gasteiger partial charge is 0.304 e. The van der Waals surface area contributed by atoms with Crippen LogP contribution in [0.15, 0.2) is 89.8 Å². The van der Waals surface area contributed by atoms with Gasteiger partial charge in [-0.25, -0.2) is 0 Å². The number of hydrogen-bond acceptors (Lipinski definition) is 6. The van der Waals surface area contributed by atoms with Gasteiger partial charge < -0.3 is 21.1 Å². The number of rotatable bonds is 9. The highest BCUT2D eigenvalue weighted by molar-refractivity contribution is 7.99. The number of carbonyl (C=O) groups is 2. The van der Waals surface area contributed by atoms with Gasteiger partial charge in [-0.1, -0.05) is 12.1 Å². The molecule has 0 fully saturated rings. The van der Waals surface area contributed by atoms with Crippen molar-refractivity contribution in [1.29, 1.82) is 0 Å². The number of benzene rings is 2. The quantitative estimate of drug-likeness (QED) is 0.313. The van der Waals surface area contributed by atoms with Crippen LogP contribution in [0.3, 0.4) is 0 Å². The van der Waals surface area contributed by atoms with Crippen LogP contribution in [0.2, 0.25) is 0 Å². The number of nitrogens with one attached hydrogen (secondary N) is 3. The molecule has 174 valence electrons. The van der Waals surface area contributed by atoms with Gasteiger partial charge in [0.2, 0.25) is 0 Å². The standard InChI is InChI=1S/C26H26N4O3S/c31-25(32)16-23(19-5-4-13-27-17-19)34-22-7-3-6-21(15-22)30-26(33)18-9-11-20(12-10-18)29-24-8-1-2-14-28-24/h3-13,15,17,23,28-29H,1-2,14,16H2,(H,30,33)(H,31,32). The van der Waals surface area contributed by atoms with Gasteiger partial charge in [0.25, 0.3) is 5.91 Å². The fraction of sp³-hybridized carbons (Fsp3) is 0.192. The van der Waals surface area contributed by atoms with Crippen molar-refractivity contribution in [2.24, 2.45) is 0 Å². The van der Waals surface area contributed by atoms with E-state index < -0.39 is 5.97 Å². The number of anilines is 2. The number of allylic oxidation sites excluding steroid dienone is 1. The van der Waals surface area contributed by atoms with Gasteiger partial charge in [0.1, 0.15) is 0 Å². The largest absolute Gasteiger partial charge is 0.481 e. The van der Waals surface area contributed by atoms with E-state index in [1.54, 1.807) is 30.6 Å². The average Bonchev–Trinajstić information content (AvgIpc) is 2.85. The molecule has 7 nitrogen and oxygen atoms in total. The predicted octanol–water partition coefficient (Wildman–Crippen LogP) is 5.28. The normalized spacial score (nSPS) is 13.8. The van der Waals surface area contributed by atoms with E-state index in [1.165, 1.54) is 11.8 Å². The van der Waals surface area contributed by atoms with Crippen molar-refractivity contribution in [1.82, 2.24) is 10.3 Å². The van der Waals surface area contributed by atoms with Crippen molar-refractivity contribution in [3.63, 3.8) is 0 Å². The molecule has 0 saturated carbocycles. The highest BCUT2D eigenvalue weighted by Crippen LogP contribution is 2.38. The Balaban J connectivity index is 1.40. The zero-order valence-electron chi connectivity index (χ0n) is 18.5. The molecule has 0 bridgehead atoms. The average molecular weight is 475 g/mol. The van der Waals surface area contributed by atoms with Crippen molar-refractivity contribution < 1.29 is 14.7 Å². The Kier molecular flexibility index (Phi) is 7.83. The third-order valence-corrected chi connectivity index (χ3v) is 6.51. The Labute approximate surface area is 202 Å². The molecule has 2 heterocycles. The van der Waals surface area contributed by atoms with Crippen LogP contribution < -0.4 is 16.0 Å². The molecule has 4 N–H and O–H groups in total. The summed E-state index contributed by atoms with van der Waals surface area (Å²) in [6, 6.07) is 18.4. The SMILES string of the molecule is O=C(O)CC(Sc1cccc(NC(=O)c2ccc(NC3=CCCCN3)cc2)c1)c1cccnc1. The minimum absolute atomic E-state index is 0.0280. The van der Waals surface area contributed by atoms with Gasteiger partial charge in [0, 0.05) is 46.0 Å². The van der Waals surface area contributed by atoms with E-state index in [9.17, 15) is 14.7 Å². The molecule has 0 saturated heterocycles. The number of hydrogen-bond donors (Lipinski definition) is 4. The summed E-state index contributed by atoms with van der Waals surface area (Å²) in [6.07, 6.45) is 7.63. The molecule has 8 heteroatoms. The summed E-state index contributed by atoms with van der Waals surface area (Å²) in [6.45, 7) is 0.954. The van der Waals surface area contributed by atoms with Crippen molar-refractivity contribution in [2.75, 3.05) is 17.2 Å². The van der Waals surface area contributed by atoms with Crippen LogP contribution in [0.5, 0.6) is 0 Å². The minimum atomic E-state index is -0.876. The van der Waals surface area contributed by atoms with Crippen molar-refractivity contribution >= 4 is 35.0 Å². The molecule has 0 aliphatic carbocycles. The first-order valence-electron chi connectivity index (χ1n) is 11.1. The summed E-state index contributed by atoms with van der Waals surface area (Å²) in [5.74, 6) is -0.0948. The highest BCUT2D eigenvalue weighted by atomic mass is 32.2. The highest BCUT2D eigenvalue weighted by Gasteiger charge is 2.18. The maximum atomic E-state index is 12.8. The third-order valence-electron chi connectivity index (χ3n) is 5.26. The molecule has 0 spiro atoms. The van der Waals surface area contributed by atoms with Crippen molar-refractivity contribution in [2.45, 2.75) is 29.4 Å². The molecule has 1 aliphatic rings. The van der Waals surface area contributed by atoms with Crippen molar-refractivity contribution in [3.05, 3.63) is 96.1 Å². The van der Waals surface area contributed by atoms with Gasteiger partial charge in [0.15, 0.2) is 0 Å². The van der Waals surface area contributed by atoms with Crippen LogP contribution in [0.4, 0.5) is 11.4 Å². The molecule has 1 aliphatic heterocycles. The first kappa shape index (κ1) is 23.4. The summed E-state index contributed by atoms with van der Waals surface area (Å²) >= 11 is 1.43. The van der Waals surface area contributed by atoms with Crippen LogP contribution in [0.1, 0.15) is 40.4 Å². The van der Waals surface area contributed by atoms with E-state index in [0.29, 0.717) is 11.3 Å². The number of carboxylic acids is 1. The molecule has 0 radical (unpaired) electrons. The number of carbonyl (C=O) groups excluding carboxylic acids is 1. The molecule has 34 heavy (non-hydrogen) atoms. The Morgan fingerprint density at radius 2 is 1.94 bits per heavy atom. The first-order chi connectivity index (χ1) is 16.6. The maximum absolute atomic E-state index is 12.8. The van der Waals surface area contributed by atoms with Crippen molar-refractivity contribution in [3.8, 4) is 0 Å². The molecule has 1 amide bonds. The summed E-state index contributed by atoms with van der Waals surface area (Å²) in [7, 11) is 0. The van der Waals surface area contributed by atoms with E-state index in [4.69, 9.17) is 0 Å². The third kappa shape index (κ3) is 6.62. The zero-order valence-corrected chi connectivity index (χ0v) is 19.3. The number of amides is 1. The van der Waals surface area contributed by atoms with E-state index in [2.05, 4.69) is 27.0 Å². The van der Waals surface area contributed by atoms with Crippen LogP contribution in [0, 0.1) is 0 Å². The molecular weight excluding hydrogens is 448 g/mol. The fourth-order valence-electron chi connectivity index (χ4n) is 3.57. The summed E-state index contributed by atoms with van der Waals surface area (Å²) < 4.78 is 0. The number of aromatic nitrogens is 1. The van der Waals surface area contributed by atoms with Gasteiger partial charge in [-0.2, -0.15) is 0 Å². The Morgan fingerprint density at radius 1 is 1.09 bits per heavy atom. The Bertz CT molecular complexity index is 1170. The van der Waals surface area contributed by atoms with Gasteiger partial charge in [0.05, 0.1) is 12.2 Å². The van der Waals surface area contributed by atoms with Crippen LogP contribution in [-0.4, -0.2) is 28.5 Å². The molecule has 2 aromatic carbocycles. The second-order valence-electron chi connectivity index (χ2n) is 7.86. The number of aliphatic carboxylic acids is 1. The van der Waals surface area contributed by atoms with Gasteiger partial charge in [-0.3, -0.25) is 14.6 Å². The fourth-order valence-corrected chi connectivity index (χ4v) is 4.75. The number of carboxylic acid groups (broad SMARTS) is 1. The lowest BCUT2D eigenvalue weighted by Gasteiger charge is -2.17. The number of nitrogens with zero attached hydrogens (tertiary/aromatic N) is 1. The second kappa shape index (κ2) is 11.4. The molecule has 3 aromatic rings. The Hall–Kier alpha value is -3.78. The molecule has 1 atom stereocenters. The molecule has 1 unspecified atom stereocenters. The lowest BCUT2D eigenvalue weighted by molar-refractivity contribution is -0.137. The topological polar surface area (TPSA) is 103 Å². The zero-order chi connectivity index (χ0) is 23.8. The monoisotopic (exact) mass is 474 g/mol. The summed E-state index contributed by atoms with van der Waals surface area (Å²) in [4.78, 5) is 29.1. The van der Waals surface area contributed by atoms with Gasteiger partial charge in [-0.15, -0.1) is 11.8 Å². The van der Waals surface area contributed by atoms with Crippen LogP contribution in [-0.2, 0) is 4.79 Å². The van der Waals surface area contributed by atoms with E-state index >= 15 is 0 Å². The van der Waals surface area contributed by atoms with E-state index in [0.717, 1.165) is 41.4 Å². The van der Waals surface area contributed by atoms with E-state index in [-0.39, 0.29) is 17.6 Å². The van der Waals surface area contributed by atoms with Gasteiger partial charge >= 0.3 is 5.97 Å². The summed E-state index contributed by atoms with van der Waals surface area (Å²) in [5.41, 5.74) is 2.95. The van der Waals surface area contributed by atoms with Crippen LogP contribution >= 0.6 is 11.8 Å². The molecule has 1 aromatic heterocycles. The maximum Gasteiger partial charge on any atom is 0.304 e. The predicted molar refractivity (Wildman–Crippen MR) is 135 cm³/mol. The second-order valence-corrected chi connectivity index (χ2v) is 9.14. The van der Waals surface area contributed by atoms with Crippen LogP contribution in [0.25, 0.3) is 0 Å². The van der Waals surface area contributed by atoms with Gasteiger partial charge in [-0.05, 0) is 73.0 Å². The van der Waals surface area contributed by atoms with E-state index in [1.807, 2.05) is 42.5 Å². The summed E-state index contributed by atoms with van der Waals surface area (Å²) in [5, 5.41) is 18.6. The first-order valence-corrected chi connectivity index (χ1v) is 12.0. The minimum Gasteiger partial charge on any atom is -0.481 e.